The number of benzene rings is 1. The Hall–Kier alpha value is -1.33. The van der Waals surface area contributed by atoms with Crippen molar-refractivity contribution in [3.05, 3.63) is 46.3 Å². The van der Waals surface area contributed by atoms with E-state index < -0.39 is 11.9 Å². The van der Waals surface area contributed by atoms with Crippen molar-refractivity contribution >= 4 is 23.2 Å². The highest BCUT2D eigenvalue weighted by molar-refractivity contribution is 6.43. The molecule has 0 saturated carbocycles. The lowest BCUT2D eigenvalue weighted by Gasteiger charge is -2.11. The largest absolute Gasteiger partial charge is 0.435 e. The summed E-state index contributed by atoms with van der Waals surface area (Å²) < 4.78 is 38.4. The first-order valence-electron chi connectivity index (χ1n) is 4.74. The molecule has 0 fully saturated rings. The summed E-state index contributed by atoms with van der Waals surface area (Å²) in [6.07, 6.45) is -2.46. The molecule has 0 N–H and O–H groups in total. The monoisotopic (exact) mass is 292 g/mol. The van der Waals surface area contributed by atoms with Gasteiger partial charge < -0.3 is 0 Å². The Balaban J connectivity index is 2.69. The summed E-state index contributed by atoms with van der Waals surface area (Å²) in [6, 6.07) is 4.39. The molecule has 1 aromatic carbocycles. The zero-order valence-corrected chi connectivity index (χ0v) is 10.2. The molecule has 0 spiro atoms. The predicted octanol–water partition coefficient (Wildman–Crippen LogP) is 4.47. The van der Waals surface area contributed by atoms with Gasteiger partial charge in [-0.3, -0.25) is 4.98 Å². The Morgan fingerprint density at radius 3 is 2.33 bits per heavy atom. The summed E-state index contributed by atoms with van der Waals surface area (Å²) in [5.74, 6) is 0. The second kappa shape index (κ2) is 4.74. The normalized spacial score (nSPS) is 11.6. The molecule has 18 heavy (non-hydrogen) atoms. The highest BCUT2D eigenvalue weighted by atomic mass is 35.5. The van der Waals surface area contributed by atoms with E-state index in [1.807, 2.05) is 0 Å². The van der Waals surface area contributed by atoms with Crippen LogP contribution >= 0.6 is 23.2 Å². The molecule has 0 amide bonds. The quantitative estimate of drug-likeness (QED) is 0.775. The smallest absolute Gasteiger partial charge is 0.252 e. The molecule has 0 aliphatic heterocycles. The third kappa shape index (κ3) is 2.42. The summed E-state index contributed by atoms with van der Waals surface area (Å²) in [4.78, 5) is 7.00. The number of hydrogen-bond acceptors (Lipinski definition) is 2. The fraction of sp³-hybridized carbons (Fsp3) is 0.0909. The van der Waals surface area contributed by atoms with Crippen molar-refractivity contribution in [1.82, 2.24) is 9.97 Å². The summed E-state index contributed by atoms with van der Waals surface area (Å²) in [5, 5.41) is 0.179. The maximum absolute atomic E-state index is 12.8. The fourth-order valence-electron chi connectivity index (χ4n) is 1.43. The van der Waals surface area contributed by atoms with Gasteiger partial charge in [-0.2, -0.15) is 13.2 Å². The Bertz CT molecular complexity index is 585. The molecule has 94 valence electrons. The second-order valence-electron chi connectivity index (χ2n) is 3.35. The van der Waals surface area contributed by atoms with Crippen LogP contribution in [-0.4, -0.2) is 9.97 Å². The van der Waals surface area contributed by atoms with Crippen LogP contribution in [0.25, 0.3) is 11.3 Å². The van der Waals surface area contributed by atoms with Crippen molar-refractivity contribution in [3.63, 3.8) is 0 Å². The van der Waals surface area contributed by atoms with Crippen LogP contribution in [0.1, 0.15) is 5.69 Å². The predicted molar refractivity (Wildman–Crippen MR) is 62.5 cm³/mol. The highest BCUT2D eigenvalue weighted by Crippen LogP contribution is 2.38. The van der Waals surface area contributed by atoms with Gasteiger partial charge in [0.15, 0.2) is 5.69 Å². The van der Waals surface area contributed by atoms with Crippen molar-refractivity contribution in [2.75, 3.05) is 0 Å². The third-order valence-corrected chi connectivity index (χ3v) is 2.99. The van der Waals surface area contributed by atoms with E-state index in [4.69, 9.17) is 23.2 Å². The zero-order valence-electron chi connectivity index (χ0n) is 8.67. The average Bonchev–Trinajstić information content (AvgIpc) is 2.32. The van der Waals surface area contributed by atoms with Gasteiger partial charge in [-0.15, -0.1) is 0 Å². The minimum absolute atomic E-state index is 0.0187. The number of alkyl halides is 3. The van der Waals surface area contributed by atoms with Crippen molar-refractivity contribution in [2.45, 2.75) is 6.18 Å². The third-order valence-electron chi connectivity index (χ3n) is 2.17. The Morgan fingerprint density at radius 1 is 1.00 bits per heavy atom. The lowest BCUT2D eigenvalue weighted by Crippen LogP contribution is -2.11. The summed E-state index contributed by atoms with van der Waals surface area (Å²) in [5.41, 5.74) is -1.32. The van der Waals surface area contributed by atoms with Crippen LogP contribution in [0, 0.1) is 0 Å². The molecule has 0 radical (unpaired) electrons. The maximum atomic E-state index is 12.8. The lowest BCUT2D eigenvalue weighted by molar-refractivity contribution is -0.140. The first kappa shape index (κ1) is 13.1. The van der Waals surface area contributed by atoms with Crippen molar-refractivity contribution < 1.29 is 13.2 Å². The molecule has 1 aromatic heterocycles. The van der Waals surface area contributed by atoms with Crippen LogP contribution in [0.2, 0.25) is 10.0 Å². The standard InChI is InChI=1S/C11H5Cl2F3N2/c12-7-3-1-2-6(8(7)13)9-10(11(14,15)16)18-5-4-17-9/h1-5H. The van der Waals surface area contributed by atoms with Gasteiger partial charge in [0.25, 0.3) is 0 Å². The lowest BCUT2D eigenvalue weighted by atomic mass is 10.1. The van der Waals surface area contributed by atoms with Gasteiger partial charge >= 0.3 is 6.18 Å². The molecule has 7 heteroatoms. The summed E-state index contributed by atoms with van der Waals surface area (Å²) in [6.45, 7) is 0. The topological polar surface area (TPSA) is 25.8 Å². The van der Waals surface area contributed by atoms with Crippen LogP contribution in [0.3, 0.4) is 0 Å². The maximum Gasteiger partial charge on any atom is 0.435 e. The van der Waals surface area contributed by atoms with E-state index >= 15 is 0 Å². The Labute approximate surface area is 110 Å². The fourth-order valence-corrected chi connectivity index (χ4v) is 1.82. The van der Waals surface area contributed by atoms with Crippen molar-refractivity contribution in [3.8, 4) is 11.3 Å². The minimum atomic E-state index is -4.60. The molecule has 2 nitrogen and oxygen atoms in total. The van der Waals surface area contributed by atoms with E-state index in [1.54, 1.807) is 0 Å². The van der Waals surface area contributed by atoms with Gasteiger partial charge in [-0.1, -0.05) is 35.3 Å². The van der Waals surface area contributed by atoms with E-state index in [0.29, 0.717) is 0 Å². The second-order valence-corrected chi connectivity index (χ2v) is 4.14. The van der Waals surface area contributed by atoms with Gasteiger partial charge in [-0.25, -0.2) is 4.98 Å². The molecule has 1 heterocycles. The molecular formula is C11H5Cl2F3N2. The number of halogens is 5. The number of rotatable bonds is 1. The minimum Gasteiger partial charge on any atom is -0.252 e. The van der Waals surface area contributed by atoms with E-state index in [1.165, 1.54) is 24.4 Å². The van der Waals surface area contributed by atoms with Crippen LogP contribution in [-0.2, 0) is 6.18 Å². The number of nitrogens with zero attached hydrogens (tertiary/aromatic N) is 2. The van der Waals surface area contributed by atoms with Crippen LogP contribution in [0.4, 0.5) is 13.2 Å². The number of hydrogen-bond donors (Lipinski definition) is 0. The van der Waals surface area contributed by atoms with E-state index in [0.717, 1.165) is 6.20 Å². The molecule has 0 atom stereocenters. The van der Waals surface area contributed by atoms with E-state index in [9.17, 15) is 13.2 Å². The van der Waals surface area contributed by atoms with Gasteiger partial charge in [0, 0.05) is 18.0 Å². The first-order valence-corrected chi connectivity index (χ1v) is 5.49. The first-order chi connectivity index (χ1) is 8.41. The van der Waals surface area contributed by atoms with Gasteiger partial charge in [0.1, 0.15) is 5.69 Å². The summed E-state index contributed by atoms with van der Waals surface area (Å²) >= 11 is 11.7. The van der Waals surface area contributed by atoms with Crippen LogP contribution in [0.5, 0.6) is 0 Å². The van der Waals surface area contributed by atoms with Crippen LogP contribution in [0.15, 0.2) is 30.6 Å². The number of aromatic nitrogens is 2. The summed E-state index contributed by atoms with van der Waals surface area (Å²) in [7, 11) is 0. The molecule has 0 unspecified atom stereocenters. The molecule has 0 aliphatic carbocycles. The van der Waals surface area contributed by atoms with Crippen molar-refractivity contribution in [1.29, 1.82) is 0 Å². The van der Waals surface area contributed by atoms with E-state index in [2.05, 4.69) is 9.97 Å². The SMILES string of the molecule is FC(F)(F)c1nccnc1-c1cccc(Cl)c1Cl. The Kier molecular flexibility index (Phi) is 3.45. The van der Waals surface area contributed by atoms with Gasteiger partial charge in [0.2, 0.25) is 0 Å². The van der Waals surface area contributed by atoms with E-state index in [-0.39, 0.29) is 21.3 Å². The molecule has 0 saturated heterocycles. The van der Waals surface area contributed by atoms with Crippen molar-refractivity contribution in [2.24, 2.45) is 0 Å². The highest BCUT2D eigenvalue weighted by Gasteiger charge is 2.36. The Morgan fingerprint density at radius 2 is 1.67 bits per heavy atom. The molecule has 2 aromatic rings. The zero-order chi connectivity index (χ0) is 13.3. The average molecular weight is 293 g/mol. The van der Waals surface area contributed by atoms with Gasteiger partial charge in [-0.05, 0) is 6.07 Å². The molecule has 0 aliphatic rings. The van der Waals surface area contributed by atoms with Crippen LogP contribution < -0.4 is 0 Å². The molecule has 2 rings (SSSR count). The molecular weight excluding hydrogens is 288 g/mol. The van der Waals surface area contributed by atoms with Gasteiger partial charge in [0.05, 0.1) is 10.0 Å². The molecule has 0 bridgehead atoms.